The number of aromatic nitrogens is 1. The van der Waals surface area contributed by atoms with Gasteiger partial charge < -0.3 is 15.2 Å². The molecule has 0 bridgehead atoms. The van der Waals surface area contributed by atoms with E-state index in [1.54, 1.807) is 6.07 Å². The molecule has 1 aliphatic rings. The van der Waals surface area contributed by atoms with Crippen molar-refractivity contribution < 1.29 is 9.32 Å². The van der Waals surface area contributed by atoms with Crippen LogP contribution in [0.1, 0.15) is 29.1 Å². The third kappa shape index (κ3) is 1.87. The van der Waals surface area contributed by atoms with E-state index in [0.717, 1.165) is 25.1 Å². The van der Waals surface area contributed by atoms with Crippen LogP contribution in [-0.2, 0) is 5.41 Å². The predicted octanol–water partition coefficient (Wildman–Crippen LogP) is 0.367. The molecule has 0 radical (unpaired) electrons. The summed E-state index contributed by atoms with van der Waals surface area (Å²) in [5.74, 6) is 0.246. The standard InChI is InChI=1S/C10H15N3O2/c1-13(2)6-10(3-4-10)8-5-7(9(11)14)12-15-8/h5H,3-4,6H2,1-2H3,(H2,11,14). The van der Waals surface area contributed by atoms with Crippen LogP contribution < -0.4 is 5.73 Å². The maximum atomic E-state index is 10.9. The zero-order valence-corrected chi connectivity index (χ0v) is 8.99. The van der Waals surface area contributed by atoms with Crippen molar-refractivity contribution in [2.45, 2.75) is 18.3 Å². The monoisotopic (exact) mass is 209 g/mol. The van der Waals surface area contributed by atoms with Gasteiger partial charge in [0.2, 0.25) is 0 Å². The van der Waals surface area contributed by atoms with Gasteiger partial charge in [-0.1, -0.05) is 5.16 Å². The van der Waals surface area contributed by atoms with Crippen molar-refractivity contribution in [3.8, 4) is 0 Å². The fourth-order valence-electron chi connectivity index (χ4n) is 1.88. The summed E-state index contributed by atoms with van der Waals surface area (Å²) in [4.78, 5) is 13.0. The van der Waals surface area contributed by atoms with Gasteiger partial charge in [0.05, 0.1) is 0 Å². The molecule has 1 fully saturated rings. The number of nitrogens with two attached hydrogens (primary N) is 1. The number of nitrogens with zero attached hydrogens (tertiary/aromatic N) is 2. The topological polar surface area (TPSA) is 72.4 Å². The van der Waals surface area contributed by atoms with E-state index in [9.17, 15) is 4.79 Å². The lowest BCUT2D eigenvalue weighted by Gasteiger charge is -2.16. The van der Waals surface area contributed by atoms with Gasteiger partial charge in [-0.25, -0.2) is 0 Å². The molecule has 0 atom stereocenters. The van der Waals surface area contributed by atoms with E-state index in [0.29, 0.717) is 0 Å². The summed E-state index contributed by atoms with van der Waals surface area (Å²) in [7, 11) is 4.04. The molecule has 0 aromatic carbocycles. The van der Waals surface area contributed by atoms with E-state index in [2.05, 4.69) is 10.1 Å². The van der Waals surface area contributed by atoms with Crippen molar-refractivity contribution in [3.63, 3.8) is 0 Å². The maximum Gasteiger partial charge on any atom is 0.270 e. The molecule has 1 aliphatic carbocycles. The zero-order valence-electron chi connectivity index (χ0n) is 8.99. The fourth-order valence-corrected chi connectivity index (χ4v) is 1.88. The Balaban J connectivity index is 2.18. The first-order valence-corrected chi connectivity index (χ1v) is 4.95. The number of carbonyl (C=O) groups excluding carboxylic acids is 1. The average Bonchev–Trinajstić information content (AvgIpc) is 2.75. The number of carbonyl (C=O) groups is 1. The Morgan fingerprint density at radius 1 is 1.67 bits per heavy atom. The van der Waals surface area contributed by atoms with Crippen molar-refractivity contribution in [1.82, 2.24) is 10.1 Å². The molecule has 5 heteroatoms. The minimum absolute atomic E-state index is 0.0597. The number of amides is 1. The van der Waals surface area contributed by atoms with Crippen molar-refractivity contribution >= 4 is 5.91 Å². The molecular weight excluding hydrogens is 194 g/mol. The molecule has 15 heavy (non-hydrogen) atoms. The Kier molecular flexibility index (Phi) is 2.26. The molecular formula is C10H15N3O2. The molecule has 2 rings (SSSR count). The average molecular weight is 209 g/mol. The van der Waals surface area contributed by atoms with E-state index < -0.39 is 5.91 Å². The summed E-state index contributed by atoms with van der Waals surface area (Å²) >= 11 is 0. The quantitative estimate of drug-likeness (QED) is 0.777. The van der Waals surface area contributed by atoms with Gasteiger partial charge in [-0.15, -0.1) is 0 Å². The van der Waals surface area contributed by atoms with Crippen LogP contribution in [0.25, 0.3) is 0 Å². The van der Waals surface area contributed by atoms with Gasteiger partial charge in [-0.05, 0) is 26.9 Å². The van der Waals surface area contributed by atoms with Gasteiger partial charge in [-0.2, -0.15) is 0 Å². The largest absolute Gasteiger partial charge is 0.364 e. The Morgan fingerprint density at radius 2 is 2.33 bits per heavy atom. The number of primary amides is 1. The van der Waals surface area contributed by atoms with Crippen LogP contribution in [0, 0.1) is 0 Å². The summed E-state index contributed by atoms with van der Waals surface area (Å²) in [6, 6.07) is 1.67. The summed E-state index contributed by atoms with van der Waals surface area (Å²) in [6.07, 6.45) is 2.16. The maximum absolute atomic E-state index is 10.9. The molecule has 2 N–H and O–H groups in total. The van der Waals surface area contributed by atoms with E-state index in [1.165, 1.54) is 0 Å². The van der Waals surface area contributed by atoms with Crippen LogP contribution in [0.3, 0.4) is 0 Å². The lowest BCUT2D eigenvalue weighted by atomic mass is 10.0. The van der Waals surface area contributed by atoms with Gasteiger partial charge >= 0.3 is 0 Å². The van der Waals surface area contributed by atoms with Crippen LogP contribution in [-0.4, -0.2) is 36.6 Å². The molecule has 1 aromatic heterocycles. The highest BCUT2D eigenvalue weighted by molar-refractivity contribution is 5.90. The summed E-state index contributed by atoms with van der Waals surface area (Å²) in [5, 5.41) is 3.66. The summed E-state index contributed by atoms with van der Waals surface area (Å²) in [5.41, 5.74) is 5.40. The number of hydrogen-bond donors (Lipinski definition) is 1. The molecule has 1 saturated carbocycles. The highest BCUT2D eigenvalue weighted by atomic mass is 16.5. The number of likely N-dealkylation sites (N-methyl/N-ethyl adjacent to an activating group) is 1. The van der Waals surface area contributed by atoms with E-state index >= 15 is 0 Å². The minimum atomic E-state index is -0.536. The first kappa shape index (κ1) is 10.2. The van der Waals surface area contributed by atoms with Gasteiger partial charge in [0.25, 0.3) is 5.91 Å². The molecule has 0 saturated heterocycles. The van der Waals surface area contributed by atoms with Gasteiger partial charge in [0.15, 0.2) is 5.69 Å². The van der Waals surface area contributed by atoms with Gasteiger partial charge in [0.1, 0.15) is 5.76 Å². The van der Waals surface area contributed by atoms with Crippen LogP contribution in [0.5, 0.6) is 0 Å². The fraction of sp³-hybridized carbons (Fsp3) is 0.600. The van der Waals surface area contributed by atoms with Crippen LogP contribution in [0.4, 0.5) is 0 Å². The van der Waals surface area contributed by atoms with Crippen LogP contribution in [0.15, 0.2) is 10.6 Å². The number of rotatable bonds is 4. The summed E-state index contributed by atoms with van der Waals surface area (Å²) < 4.78 is 5.18. The van der Waals surface area contributed by atoms with Crippen LogP contribution >= 0.6 is 0 Å². The van der Waals surface area contributed by atoms with Gasteiger partial charge in [-0.3, -0.25) is 4.79 Å². The van der Waals surface area contributed by atoms with Crippen molar-refractivity contribution in [2.24, 2.45) is 5.73 Å². The Labute approximate surface area is 88.2 Å². The zero-order chi connectivity index (χ0) is 11.1. The first-order valence-electron chi connectivity index (χ1n) is 4.95. The highest BCUT2D eigenvalue weighted by Crippen LogP contribution is 2.48. The summed E-state index contributed by atoms with van der Waals surface area (Å²) in [6.45, 7) is 0.917. The Morgan fingerprint density at radius 3 is 2.73 bits per heavy atom. The second kappa shape index (κ2) is 3.34. The SMILES string of the molecule is CN(C)CC1(c2cc(C(N)=O)no2)CC1. The van der Waals surface area contributed by atoms with E-state index in [4.69, 9.17) is 10.3 Å². The van der Waals surface area contributed by atoms with E-state index in [-0.39, 0.29) is 11.1 Å². The van der Waals surface area contributed by atoms with Crippen LogP contribution in [0.2, 0.25) is 0 Å². The third-order valence-corrected chi connectivity index (χ3v) is 2.76. The highest BCUT2D eigenvalue weighted by Gasteiger charge is 2.48. The second-order valence-corrected chi connectivity index (χ2v) is 4.46. The molecule has 0 spiro atoms. The molecule has 0 aliphatic heterocycles. The molecule has 1 aromatic rings. The lowest BCUT2D eigenvalue weighted by Crippen LogP contribution is -2.25. The lowest BCUT2D eigenvalue weighted by molar-refractivity contribution is 0.0991. The number of hydrogen-bond acceptors (Lipinski definition) is 4. The Bertz CT molecular complexity index is 380. The molecule has 1 heterocycles. The second-order valence-electron chi connectivity index (χ2n) is 4.46. The normalized spacial score (nSPS) is 18.1. The smallest absolute Gasteiger partial charge is 0.270 e. The molecule has 82 valence electrons. The molecule has 5 nitrogen and oxygen atoms in total. The minimum Gasteiger partial charge on any atom is -0.364 e. The predicted molar refractivity (Wildman–Crippen MR) is 54.5 cm³/mol. The van der Waals surface area contributed by atoms with E-state index in [1.807, 2.05) is 14.1 Å². The first-order chi connectivity index (χ1) is 7.03. The van der Waals surface area contributed by atoms with Gasteiger partial charge in [0, 0.05) is 18.0 Å². The van der Waals surface area contributed by atoms with Crippen molar-refractivity contribution in [3.05, 3.63) is 17.5 Å². The van der Waals surface area contributed by atoms with Crippen molar-refractivity contribution in [2.75, 3.05) is 20.6 Å². The molecule has 0 unspecified atom stereocenters. The third-order valence-electron chi connectivity index (χ3n) is 2.76. The molecule has 1 amide bonds. The van der Waals surface area contributed by atoms with Crippen molar-refractivity contribution in [1.29, 1.82) is 0 Å². The Hall–Kier alpha value is -1.36.